The number of anilines is 1. The van der Waals surface area contributed by atoms with E-state index in [0.717, 1.165) is 6.07 Å². The number of ether oxygens (including phenoxy) is 1. The Morgan fingerprint density at radius 3 is 2.79 bits per heavy atom. The molecular weight excluding hydrogens is 399 g/mol. The molecule has 8 nitrogen and oxygen atoms in total. The van der Waals surface area contributed by atoms with Crippen LogP contribution in [-0.4, -0.2) is 25.6 Å². The number of halogens is 4. The maximum atomic E-state index is 12.7. The van der Waals surface area contributed by atoms with Gasteiger partial charge in [-0.25, -0.2) is 4.98 Å². The zero-order valence-electron chi connectivity index (χ0n) is 13.7. The number of nitriles is 1. The fourth-order valence-electron chi connectivity index (χ4n) is 1.99. The molecule has 2 aromatic heterocycles. The van der Waals surface area contributed by atoms with Crippen LogP contribution in [0.1, 0.15) is 11.4 Å². The Hall–Kier alpha value is -3.65. The second-order valence-corrected chi connectivity index (χ2v) is 5.60. The summed E-state index contributed by atoms with van der Waals surface area (Å²) in [7, 11) is 0. The van der Waals surface area contributed by atoms with Gasteiger partial charge in [-0.15, -0.1) is 10.2 Å². The Morgan fingerprint density at radius 2 is 2.14 bits per heavy atom. The number of benzene rings is 1. The zero-order valence-corrected chi connectivity index (χ0v) is 14.5. The van der Waals surface area contributed by atoms with Gasteiger partial charge < -0.3 is 10.1 Å². The molecule has 3 rings (SSSR count). The highest BCUT2D eigenvalue weighted by Crippen LogP contribution is 2.35. The van der Waals surface area contributed by atoms with E-state index in [1.165, 1.54) is 12.3 Å². The predicted molar refractivity (Wildman–Crippen MR) is 92.2 cm³/mol. The van der Waals surface area contributed by atoms with Crippen molar-refractivity contribution in [2.45, 2.75) is 6.18 Å². The van der Waals surface area contributed by atoms with Crippen molar-refractivity contribution < 1.29 is 17.9 Å². The largest absolute Gasteiger partial charge is 0.437 e. The van der Waals surface area contributed by atoms with Crippen molar-refractivity contribution in [3.05, 3.63) is 59.1 Å². The van der Waals surface area contributed by atoms with Crippen LogP contribution in [0.15, 0.2) is 42.7 Å². The van der Waals surface area contributed by atoms with Crippen LogP contribution in [0.5, 0.6) is 11.6 Å². The Bertz CT molecular complexity index is 1050. The summed E-state index contributed by atoms with van der Waals surface area (Å²) in [6, 6.07) is 9.06. The molecule has 0 amide bonds. The molecule has 0 unspecified atom stereocenters. The van der Waals surface area contributed by atoms with Crippen LogP contribution < -0.4 is 10.1 Å². The average Bonchev–Trinajstić information content (AvgIpc) is 3.18. The summed E-state index contributed by atoms with van der Waals surface area (Å²) in [5.74, 6) is 0.209. The van der Waals surface area contributed by atoms with Gasteiger partial charge in [-0.2, -0.15) is 23.6 Å². The lowest BCUT2D eigenvalue weighted by molar-refractivity contribution is -0.137. The van der Waals surface area contributed by atoms with E-state index in [9.17, 15) is 13.2 Å². The normalized spacial score (nSPS) is 11.8. The molecule has 142 valence electrons. The number of nitrogens with one attached hydrogen (secondary N) is 2. The Labute approximate surface area is 160 Å². The molecule has 3 aromatic rings. The SMILES string of the molecule is N#CC(=CNc1cccc(Oc2ncc(C(F)(F)F)cc2Cl)c1)c1nn[nH]n1. The molecule has 0 bridgehead atoms. The number of hydrogen-bond acceptors (Lipinski definition) is 7. The average molecular weight is 408 g/mol. The highest BCUT2D eigenvalue weighted by atomic mass is 35.5. The predicted octanol–water partition coefficient (Wildman–Crippen LogP) is 4.04. The molecule has 0 fully saturated rings. The number of pyridine rings is 1. The summed E-state index contributed by atoms with van der Waals surface area (Å²) < 4.78 is 43.5. The lowest BCUT2D eigenvalue weighted by Crippen LogP contribution is -2.05. The van der Waals surface area contributed by atoms with Gasteiger partial charge in [0.2, 0.25) is 11.7 Å². The van der Waals surface area contributed by atoms with Crippen molar-refractivity contribution in [2.24, 2.45) is 0 Å². The van der Waals surface area contributed by atoms with E-state index < -0.39 is 11.7 Å². The maximum absolute atomic E-state index is 12.7. The third-order valence-corrected chi connectivity index (χ3v) is 3.54. The van der Waals surface area contributed by atoms with E-state index >= 15 is 0 Å². The lowest BCUT2D eigenvalue weighted by Gasteiger charge is -2.11. The van der Waals surface area contributed by atoms with E-state index in [4.69, 9.17) is 21.6 Å². The van der Waals surface area contributed by atoms with Crippen LogP contribution in [0.2, 0.25) is 5.02 Å². The van der Waals surface area contributed by atoms with Gasteiger partial charge in [-0.3, -0.25) is 0 Å². The number of tetrazole rings is 1. The number of aromatic nitrogens is 5. The van der Waals surface area contributed by atoms with Gasteiger partial charge in [-0.1, -0.05) is 17.7 Å². The van der Waals surface area contributed by atoms with E-state index in [0.29, 0.717) is 11.9 Å². The molecule has 0 saturated carbocycles. The van der Waals surface area contributed by atoms with Crippen molar-refractivity contribution in [1.29, 1.82) is 5.26 Å². The van der Waals surface area contributed by atoms with Crippen molar-refractivity contribution in [1.82, 2.24) is 25.6 Å². The van der Waals surface area contributed by atoms with Crippen LogP contribution >= 0.6 is 11.6 Å². The molecule has 0 aliphatic carbocycles. The maximum Gasteiger partial charge on any atom is 0.417 e. The third-order valence-electron chi connectivity index (χ3n) is 3.27. The summed E-state index contributed by atoms with van der Waals surface area (Å²) in [6.07, 6.45) is -2.55. The monoisotopic (exact) mass is 407 g/mol. The molecule has 28 heavy (non-hydrogen) atoms. The van der Waals surface area contributed by atoms with Crippen molar-refractivity contribution in [2.75, 3.05) is 5.32 Å². The first-order valence-corrected chi connectivity index (χ1v) is 7.86. The highest BCUT2D eigenvalue weighted by Gasteiger charge is 2.31. The molecule has 0 radical (unpaired) electrons. The molecule has 0 spiro atoms. The zero-order chi connectivity index (χ0) is 20.1. The lowest BCUT2D eigenvalue weighted by atomic mass is 10.2. The molecule has 0 aliphatic heterocycles. The fourth-order valence-corrected chi connectivity index (χ4v) is 2.20. The van der Waals surface area contributed by atoms with E-state index in [1.807, 2.05) is 6.07 Å². The number of hydrogen-bond donors (Lipinski definition) is 2. The van der Waals surface area contributed by atoms with Crippen LogP contribution in [0, 0.1) is 11.3 Å². The van der Waals surface area contributed by atoms with Gasteiger partial charge >= 0.3 is 6.18 Å². The second-order valence-electron chi connectivity index (χ2n) is 5.19. The first-order valence-electron chi connectivity index (χ1n) is 7.48. The number of allylic oxidation sites excluding steroid dienone is 1. The van der Waals surface area contributed by atoms with Gasteiger partial charge in [0, 0.05) is 24.2 Å². The third kappa shape index (κ3) is 4.54. The van der Waals surface area contributed by atoms with Crippen LogP contribution in [-0.2, 0) is 6.18 Å². The molecule has 0 saturated heterocycles. The first-order chi connectivity index (χ1) is 13.4. The molecule has 2 heterocycles. The first kappa shape index (κ1) is 19.1. The smallest absolute Gasteiger partial charge is 0.417 e. The van der Waals surface area contributed by atoms with Crippen molar-refractivity contribution >= 4 is 22.9 Å². The van der Waals surface area contributed by atoms with Gasteiger partial charge in [-0.05, 0) is 23.4 Å². The molecular formula is C16H9ClF3N7O. The topological polar surface area (TPSA) is 112 Å². The summed E-state index contributed by atoms with van der Waals surface area (Å²) in [6.45, 7) is 0. The minimum atomic E-state index is -4.55. The molecule has 2 N–H and O–H groups in total. The van der Waals surface area contributed by atoms with Crippen LogP contribution in [0.3, 0.4) is 0 Å². The van der Waals surface area contributed by atoms with Crippen LogP contribution in [0.4, 0.5) is 18.9 Å². The number of H-pyrrole nitrogens is 1. The van der Waals surface area contributed by atoms with Crippen LogP contribution in [0.25, 0.3) is 5.57 Å². The highest BCUT2D eigenvalue weighted by molar-refractivity contribution is 6.31. The van der Waals surface area contributed by atoms with E-state index in [2.05, 4.69) is 30.9 Å². The number of nitrogens with zero attached hydrogens (tertiary/aromatic N) is 5. The summed E-state index contributed by atoms with van der Waals surface area (Å²) in [4.78, 5) is 3.61. The summed E-state index contributed by atoms with van der Waals surface area (Å²) in [5, 5.41) is 24.7. The fraction of sp³-hybridized carbons (Fsp3) is 0.0625. The second kappa shape index (κ2) is 7.93. The number of rotatable bonds is 5. The van der Waals surface area contributed by atoms with Gasteiger partial charge in [0.25, 0.3) is 0 Å². The van der Waals surface area contributed by atoms with Crippen molar-refractivity contribution in [3.63, 3.8) is 0 Å². The van der Waals surface area contributed by atoms with Crippen molar-refractivity contribution in [3.8, 4) is 17.7 Å². The van der Waals surface area contributed by atoms with E-state index in [-0.39, 0.29) is 28.0 Å². The molecule has 12 heteroatoms. The molecule has 1 aromatic carbocycles. The number of aromatic amines is 1. The quantitative estimate of drug-likeness (QED) is 0.614. The minimum Gasteiger partial charge on any atom is -0.437 e. The molecule has 0 atom stereocenters. The Morgan fingerprint density at radius 1 is 1.32 bits per heavy atom. The van der Waals surface area contributed by atoms with Gasteiger partial charge in [0.05, 0.1) is 5.56 Å². The Kier molecular flexibility index (Phi) is 5.42. The van der Waals surface area contributed by atoms with E-state index in [1.54, 1.807) is 18.2 Å². The van der Waals surface area contributed by atoms with Gasteiger partial charge in [0.1, 0.15) is 22.4 Å². The minimum absolute atomic E-state index is 0.114. The summed E-state index contributed by atoms with van der Waals surface area (Å²) in [5.41, 5.74) is -0.319. The Balaban J connectivity index is 1.76. The summed E-state index contributed by atoms with van der Waals surface area (Å²) >= 11 is 5.83. The molecule has 0 aliphatic rings. The number of alkyl halides is 3. The standard InChI is InChI=1S/C16H9ClF3N7O/c17-13-4-10(16(18,19)20)8-23-15(13)28-12-3-1-2-11(5-12)22-7-9(6-21)14-24-26-27-25-14/h1-5,7-8,22H,(H,24,25,26,27). The van der Waals surface area contributed by atoms with Gasteiger partial charge in [0.15, 0.2) is 0 Å².